The maximum atomic E-state index is 5.64. The quantitative estimate of drug-likeness (QED) is 0.817. The van der Waals surface area contributed by atoms with Crippen LogP contribution in [0.5, 0.6) is 0 Å². The second-order valence-corrected chi connectivity index (χ2v) is 7.80. The zero-order chi connectivity index (χ0) is 18.9. The summed E-state index contributed by atoms with van der Waals surface area (Å²) in [7, 11) is 0. The predicted octanol–water partition coefficient (Wildman–Crippen LogP) is 3.23. The number of anilines is 1. The van der Waals surface area contributed by atoms with E-state index in [-0.39, 0.29) is 0 Å². The van der Waals surface area contributed by atoms with Crippen LogP contribution in [-0.2, 0) is 15.9 Å². The van der Waals surface area contributed by atoms with Crippen molar-refractivity contribution in [2.24, 2.45) is 0 Å². The van der Waals surface area contributed by atoms with Crippen molar-refractivity contribution in [1.29, 1.82) is 0 Å². The van der Waals surface area contributed by atoms with Gasteiger partial charge in [-0.25, -0.2) is 9.97 Å². The first kappa shape index (κ1) is 17.8. The molecule has 0 radical (unpaired) electrons. The second-order valence-electron chi connectivity index (χ2n) is 7.80. The van der Waals surface area contributed by atoms with Crippen molar-refractivity contribution >= 4 is 11.9 Å². The minimum absolute atomic E-state index is 0.307. The van der Waals surface area contributed by atoms with Gasteiger partial charge in [0.25, 0.3) is 0 Å². The number of morpholine rings is 1. The van der Waals surface area contributed by atoms with Crippen LogP contribution in [-0.4, -0.2) is 54.0 Å². The lowest BCUT2D eigenvalue weighted by atomic mass is 9.95. The average molecular weight is 378 g/mol. The number of nitrogens with zero attached hydrogens (tertiary/aromatic N) is 4. The van der Waals surface area contributed by atoms with Crippen LogP contribution in [0, 0.1) is 0 Å². The van der Waals surface area contributed by atoms with E-state index in [1.807, 2.05) is 12.3 Å². The summed E-state index contributed by atoms with van der Waals surface area (Å²) in [6.45, 7) is 6.14. The number of rotatable bonds is 3. The first-order valence-electron chi connectivity index (χ1n) is 10.3. The maximum Gasteiger partial charge on any atom is 0.162 e. The molecule has 6 nitrogen and oxygen atoms in total. The third-order valence-corrected chi connectivity index (χ3v) is 5.94. The van der Waals surface area contributed by atoms with Gasteiger partial charge in [0.2, 0.25) is 0 Å². The summed E-state index contributed by atoms with van der Waals surface area (Å²) in [5, 5.41) is 0. The maximum absolute atomic E-state index is 5.64. The van der Waals surface area contributed by atoms with Gasteiger partial charge in [-0.3, -0.25) is 4.98 Å². The Balaban J connectivity index is 1.61. The van der Waals surface area contributed by atoms with Crippen LogP contribution in [0.15, 0.2) is 24.4 Å². The molecule has 2 aliphatic heterocycles. The number of ether oxygens (including phenoxy) is 2. The third-order valence-electron chi connectivity index (χ3n) is 5.94. The van der Waals surface area contributed by atoms with E-state index >= 15 is 0 Å². The molecule has 28 heavy (non-hydrogen) atoms. The van der Waals surface area contributed by atoms with Gasteiger partial charge in [0.05, 0.1) is 24.9 Å². The van der Waals surface area contributed by atoms with E-state index in [9.17, 15) is 0 Å². The molecule has 5 rings (SSSR count). The number of hydrogen-bond acceptors (Lipinski definition) is 6. The highest BCUT2D eigenvalue weighted by atomic mass is 16.5. The topological polar surface area (TPSA) is 60.4 Å². The largest absolute Gasteiger partial charge is 0.381 e. The van der Waals surface area contributed by atoms with Crippen LogP contribution in [0.25, 0.3) is 17.5 Å². The smallest absolute Gasteiger partial charge is 0.162 e. The van der Waals surface area contributed by atoms with Crippen molar-refractivity contribution in [2.45, 2.75) is 38.1 Å². The molecule has 0 aromatic carbocycles. The van der Waals surface area contributed by atoms with Crippen LogP contribution < -0.4 is 4.90 Å². The summed E-state index contributed by atoms with van der Waals surface area (Å²) in [6.07, 6.45) is 9.11. The third kappa shape index (κ3) is 3.31. The monoisotopic (exact) mass is 378 g/mol. The van der Waals surface area contributed by atoms with Crippen molar-refractivity contribution in [3.8, 4) is 11.4 Å². The lowest BCUT2D eigenvalue weighted by molar-refractivity contribution is 0.0844. The molecule has 3 aliphatic rings. The van der Waals surface area contributed by atoms with Gasteiger partial charge in [-0.2, -0.15) is 0 Å². The summed E-state index contributed by atoms with van der Waals surface area (Å²) in [4.78, 5) is 16.9. The molecule has 2 aromatic rings. The van der Waals surface area contributed by atoms with Crippen molar-refractivity contribution in [2.75, 3.05) is 37.9 Å². The molecule has 4 heterocycles. The lowest BCUT2D eigenvalue weighted by Crippen LogP contribution is -2.44. The van der Waals surface area contributed by atoms with Gasteiger partial charge in [-0.15, -0.1) is 0 Å². The normalized spacial score (nSPS) is 22.5. The van der Waals surface area contributed by atoms with E-state index in [2.05, 4.69) is 35.0 Å². The Bertz CT molecular complexity index is 892. The fourth-order valence-corrected chi connectivity index (χ4v) is 4.34. The molecule has 0 unspecified atom stereocenters. The molecule has 0 N–H and O–H groups in total. The van der Waals surface area contributed by atoms with Crippen molar-refractivity contribution in [1.82, 2.24) is 15.0 Å². The first-order valence-corrected chi connectivity index (χ1v) is 10.3. The number of hydrogen-bond donors (Lipinski definition) is 0. The van der Waals surface area contributed by atoms with E-state index < -0.39 is 0 Å². The number of aromatic nitrogens is 3. The minimum atomic E-state index is 0.307. The highest BCUT2D eigenvalue weighted by Gasteiger charge is 2.25. The number of allylic oxidation sites excluding steroid dienone is 1. The van der Waals surface area contributed by atoms with Crippen LogP contribution in [0.3, 0.4) is 0 Å². The average Bonchev–Trinajstić information content (AvgIpc) is 3.23. The number of fused-ring (bicyclic) bond motifs is 1. The van der Waals surface area contributed by atoms with E-state index in [0.29, 0.717) is 12.0 Å². The van der Waals surface area contributed by atoms with Gasteiger partial charge in [0.15, 0.2) is 5.82 Å². The van der Waals surface area contributed by atoms with Crippen molar-refractivity contribution < 1.29 is 9.47 Å². The summed E-state index contributed by atoms with van der Waals surface area (Å²) < 4.78 is 11.2. The summed E-state index contributed by atoms with van der Waals surface area (Å²) in [6, 6.07) is 4.55. The fraction of sp³-hybridized carbons (Fsp3) is 0.500. The molecular weight excluding hydrogens is 352 g/mol. The van der Waals surface area contributed by atoms with E-state index in [1.165, 1.54) is 0 Å². The zero-order valence-corrected chi connectivity index (χ0v) is 16.3. The highest BCUT2D eigenvalue weighted by Crippen LogP contribution is 2.33. The van der Waals surface area contributed by atoms with Gasteiger partial charge in [0.1, 0.15) is 5.82 Å². The Kier molecular flexibility index (Phi) is 4.82. The first-order chi connectivity index (χ1) is 13.8. The van der Waals surface area contributed by atoms with Crippen LogP contribution >= 0.6 is 0 Å². The number of pyridine rings is 1. The molecule has 146 valence electrons. The van der Waals surface area contributed by atoms with Crippen molar-refractivity contribution in [3.05, 3.63) is 41.4 Å². The summed E-state index contributed by atoms with van der Waals surface area (Å²) in [5.74, 6) is 2.24. The molecule has 0 spiro atoms. The van der Waals surface area contributed by atoms with Crippen molar-refractivity contribution in [3.63, 3.8) is 0 Å². The molecule has 2 saturated heterocycles. The van der Waals surface area contributed by atoms with E-state index in [1.54, 1.807) is 0 Å². The Morgan fingerprint density at radius 2 is 2.00 bits per heavy atom. The minimum Gasteiger partial charge on any atom is -0.381 e. The lowest BCUT2D eigenvalue weighted by Gasteiger charge is -2.35. The van der Waals surface area contributed by atoms with Gasteiger partial charge in [-0.1, -0.05) is 12.2 Å². The zero-order valence-electron chi connectivity index (χ0n) is 16.3. The van der Waals surface area contributed by atoms with Crippen LogP contribution in [0.1, 0.15) is 42.6 Å². The molecular formula is C22H26N4O2. The fourth-order valence-electron chi connectivity index (χ4n) is 4.34. The Morgan fingerprint density at radius 1 is 1.11 bits per heavy atom. The second kappa shape index (κ2) is 7.60. The van der Waals surface area contributed by atoms with Crippen LogP contribution in [0.2, 0.25) is 0 Å². The van der Waals surface area contributed by atoms with Gasteiger partial charge >= 0.3 is 0 Å². The molecule has 0 saturated carbocycles. The van der Waals surface area contributed by atoms with Crippen LogP contribution in [0.4, 0.5) is 5.82 Å². The Morgan fingerprint density at radius 3 is 2.86 bits per heavy atom. The van der Waals surface area contributed by atoms with E-state index in [4.69, 9.17) is 19.4 Å². The highest BCUT2D eigenvalue weighted by molar-refractivity contribution is 5.75. The van der Waals surface area contributed by atoms with E-state index in [0.717, 1.165) is 86.4 Å². The standard InChI is InChI=1S/C22H26N4O2/c1-15-14-28-12-9-26(15)21-13-20(16-6-10-27-11-7-16)24-22(25-21)18-5-8-23-19-4-2-3-17(18)19/h2-3,5,8,13,15-16H,4,6-7,9-12,14H2,1H3/t15-/m1/s1. The van der Waals surface area contributed by atoms with Gasteiger partial charge < -0.3 is 14.4 Å². The van der Waals surface area contributed by atoms with Gasteiger partial charge in [0, 0.05) is 61.2 Å². The molecule has 0 bridgehead atoms. The molecule has 2 aromatic heterocycles. The molecule has 1 aliphatic carbocycles. The summed E-state index contributed by atoms with van der Waals surface area (Å²) >= 11 is 0. The molecule has 0 amide bonds. The molecule has 2 fully saturated rings. The Labute approximate surface area is 165 Å². The Hall–Kier alpha value is -2.31. The molecule has 1 atom stereocenters. The SMILES string of the molecule is C[C@@H]1COCCN1c1cc(C2CCOCC2)nc(-c2ccnc3c2C=CC3)n1. The summed E-state index contributed by atoms with van der Waals surface area (Å²) in [5.41, 5.74) is 4.48. The predicted molar refractivity (Wildman–Crippen MR) is 108 cm³/mol. The molecule has 6 heteroatoms. The van der Waals surface area contributed by atoms with Gasteiger partial charge in [-0.05, 0) is 25.8 Å².